The molecule has 2 heterocycles. The number of halogens is 1. The zero-order chi connectivity index (χ0) is 23.5. The van der Waals surface area contributed by atoms with Gasteiger partial charge < -0.3 is 19.3 Å². The summed E-state index contributed by atoms with van der Waals surface area (Å²) in [4.78, 5) is 33.4. The van der Waals surface area contributed by atoms with Gasteiger partial charge in [-0.15, -0.1) is 0 Å². The van der Waals surface area contributed by atoms with Crippen LogP contribution in [0.25, 0.3) is 22.6 Å². The molecule has 0 bridgehead atoms. The lowest BCUT2D eigenvalue weighted by molar-refractivity contribution is -0.150. The SMILES string of the molecule is Cc1ccc2nc(-c3ccc(C(=O)N4C[C@H](C)N(C(=O)C5(O)CC5)[C@@H](C)C4)c(F)c3)oc2c1. The van der Waals surface area contributed by atoms with E-state index in [4.69, 9.17) is 4.42 Å². The molecule has 172 valence electrons. The second kappa shape index (κ2) is 7.66. The fourth-order valence-electron chi connectivity index (χ4n) is 4.61. The number of piperazine rings is 1. The first-order valence-corrected chi connectivity index (χ1v) is 11.2. The van der Waals surface area contributed by atoms with Crippen molar-refractivity contribution in [1.82, 2.24) is 14.8 Å². The lowest BCUT2D eigenvalue weighted by Crippen LogP contribution is -2.62. The number of benzene rings is 2. The Morgan fingerprint density at radius 3 is 2.45 bits per heavy atom. The smallest absolute Gasteiger partial charge is 0.256 e. The molecule has 2 amide bonds. The molecular weight excluding hydrogens is 425 g/mol. The summed E-state index contributed by atoms with van der Waals surface area (Å²) in [6.45, 7) is 6.18. The van der Waals surface area contributed by atoms with Crippen LogP contribution in [-0.2, 0) is 4.79 Å². The standard InChI is InChI=1S/C25H26FN3O4/c1-14-4-7-20-21(10-14)33-22(27-20)17-5-6-18(19(26)11-17)23(30)28-12-15(2)29(16(3)13-28)24(31)25(32)8-9-25/h4-7,10-11,15-16,32H,8-9,12-13H2,1-3H3/t15-,16-/m0/s1. The van der Waals surface area contributed by atoms with Crippen molar-refractivity contribution in [2.75, 3.05) is 13.1 Å². The lowest BCUT2D eigenvalue weighted by atomic mass is 10.0. The van der Waals surface area contributed by atoms with Crippen LogP contribution in [0.15, 0.2) is 40.8 Å². The van der Waals surface area contributed by atoms with Crippen molar-refractivity contribution in [2.45, 2.75) is 51.3 Å². The number of aromatic nitrogens is 1. The summed E-state index contributed by atoms with van der Waals surface area (Å²) >= 11 is 0. The first kappa shape index (κ1) is 21.6. The highest BCUT2D eigenvalue weighted by molar-refractivity contribution is 5.95. The molecule has 2 atom stereocenters. The molecule has 3 aromatic rings. The number of hydrogen-bond acceptors (Lipinski definition) is 5. The van der Waals surface area contributed by atoms with Crippen LogP contribution in [0.1, 0.15) is 42.6 Å². The number of amides is 2. The second-order valence-electron chi connectivity index (χ2n) is 9.34. The maximum absolute atomic E-state index is 15.0. The molecule has 1 aliphatic heterocycles. The molecule has 7 nitrogen and oxygen atoms in total. The van der Waals surface area contributed by atoms with Crippen LogP contribution < -0.4 is 0 Å². The van der Waals surface area contributed by atoms with Crippen LogP contribution in [0.4, 0.5) is 4.39 Å². The summed E-state index contributed by atoms with van der Waals surface area (Å²) in [7, 11) is 0. The third-order valence-electron chi connectivity index (χ3n) is 6.55. The Morgan fingerprint density at radius 1 is 1.12 bits per heavy atom. The van der Waals surface area contributed by atoms with Crippen molar-refractivity contribution in [3.05, 3.63) is 53.3 Å². The molecule has 33 heavy (non-hydrogen) atoms. The number of aryl methyl sites for hydroxylation is 1. The molecular formula is C25H26FN3O4. The molecule has 0 spiro atoms. The Kier molecular flexibility index (Phi) is 5.01. The molecule has 1 saturated heterocycles. The van der Waals surface area contributed by atoms with Gasteiger partial charge in [-0.1, -0.05) is 6.07 Å². The Bertz CT molecular complexity index is 1250. The third-order valence-corrected chi connectivity index (χ3v) is 6.55. The minimum absolute atomic E-state index is 0.0364. The van der Waals surface area contributed by atoms with E-state index in [-0.39, 0.29) is 36.6 Å². The molecule has 5 rings (SSSR count). The molecule has 2 fully saturated rings. The van der Waals surface area contributed by atoms with E-state index in [1.165, 1.54) is 12.1 Å². The highest BCUT2D eigenvalue weighted by atomic mass is 19.1. The van der Waals surface area contributed by atoms with Gasteiger partial charge in [-0.3, -0.25) is 9.59 Å². The van der Waals surface area contributed by atoms with E-state index >= 15 is 4.39 Å². The van der Waals surface area contributed by atoms with Gasteiger partial charge in [-0.2, -0.15) is 0 Å². The molecule has 0 unspecified atom stereocenters. The third kappa shape index (κ3) is 3.78. The number of carbonyl (C=O) groups is 2. The number of fused-ring (bicyclic) bond motifs is 1. The van der Waals surface area contributed by atoms with Crippen LogP contribution in [0.2, 0.25) is 0 Å². The van der Waals surface area contributed by atoms with Crippen LogP contribution in [0.3, 0.4) is 0 Å². The van der Waals surface area contributed by atoms with E-state index in [0.29, 0.717) is 35.4 Å². The predicted molar refractivity (Wildman–Crippen MR) is 120 cm³/mol. The van der Waals surface area contributed by atoms with E-state index in [9.17, 15) is 14.7 Å². The van der Waals surface area contributed by atoms with Gasteiger partial charge >= 0.3 is 0 Å². The number of rotatable bonds is 3. The van der Waals surface area contributed by atoms with Crippen molar-refractivity contribution in [3.8, 4) is 11.5 Å². The molecule has 0 radical (unpaired) electrons. The van der Waals surface area contributed by atoms with Gasteiger partial charge in [0.05, 0.1) is 5.56 Å². The molecule has 2 aromatic carbocycles. The van der Waals surface area contributed by atoms with E-state index in [2.05, 4.69) is 4.98 Å². The molecule has 1 aromatic heterocycles. The monoisotopic (exact) mass is 451 g/mol. The second-order valence-corrected chi connectivity index (χ2v) is 9.34. The van der Waals surface area contributed by atoms with E-state index in [0.717, 1.165) is 5.56 Å². The first-order chi connectivity index (χ1) is 15.7. The highest BCUT2D eigenvalue weighted by Crippen LogP contribution is 2.38. The van der Waals surface area contributed by atoms with E-state index in [1.807, 2.05) is 39.0 Å². The van der Waals surface area contributed by atoms with E-state index in [1.54, 1.807) is 15.9 Å². The number of hydrogen-bond donors (Lipinski definition) is 1. The molecule has 1 aliphatic carbocycles. The summed E-state index contributed by atoms with van der Waals surface area (Å²) < 4.78 is 20.8. The normalized spacial score (nSPS) is 22.0. The van der Waals surface area contributed by atoms with Crippen molar-refractivity contribution < 1.29 is 23.5 Å². The summed E-state index contributed by atoms with van der Waals surface area (Å²) in [6, 6.07) is 9.43. The van der Waals surface area contributed by atoms with E-state index < -0.39 is 17.3 Å². The zero-order valence-corrected chi connectivity index (χ0v) is 18.8. The molecule has 1 N–H and O–H groups in total. The van der Waals surface area contributed by atoms with Crippen molar-refractivity contribution in [3.63, 3.8) is 0 Å². The molecule has 2 aliphatic rings. The van der Waals surface area contributed by atoms with Crippen LogP contribution in [0.5, 0.6) is 0 Å². The fraction of sp³-hybridized carbons (Fsp3) is 0.400. The lowest BCUT2D eigenvalue weighted by Gasteiger charge is -2.45. The van der Waals surface area contributed by atoms with Gasteiger partial charge in [0.2, 0.25) is 5.89 Å². The number of aliphatic hydroxyl groups is 1. The minimum Gasteiger partial charge on any atom is -0.436 e. The van der Waals surface area contributed by atoms with Gasteiger partial charge in [0.25, 0.3) is 11.8 Å². The average molecular weight is 451 g/mol. The fourth-order valence-corrected chi connectivity index (χ4v) is 4.61. The Morgan fingerprint density at radius 2 is 1.82 bits per heavy atom. The number of nitrogens with zero attached hydrogens (tertiary/aromatic N) is 3. The summed E-state index contributed by atoms with van der Waals surface area (Å²) in [5.41, 5.74) is 1.51. The summed E-state index contributed by atoms with van der Waals surface area (Å²) in [5.74, 6) is -1.07. The Hall–Kier alpha value is -3.26. The van der Waals surface area contributed by atoms with Gasteiger partial charge in [0, 0.05) is 30.7 Å². The molecule has 1 saturated carbocycles. The number of carbonyl (C=O) groups excluding carboxylic acids is 2. The molecule has 8 heteroatoms. The van der Waals surface area contributed by atoms with Crippen LogP contribution in [-0.4, -0.2) is 62.5 Å². The van der Waals surface area contributed by atoms with Crippen molar-refractivity contribution >= 4 is 22.9 Å². The Balaban J connectivity index is 1.35. The topological polar surface area (TPSA) is 86.9 Å². The van der Waals surface area contributed by atoms with Gasteiger partial charge in [0.1, 0.15) is 16.9 Å². The Labute approximate surface area is 190 Å². The van der Waals surface area contributed by atoms with Gasteiger partial charge in [0.15, 0.2) is 5.58 Å². The average Bonchev–Trinajstić information content (AvgIpc) is 3.38. The van der Waals surface area contributed by atoms with Crippen LogP contribution >= 0.6 is 0 Å². The highest BCUT2D eigenvalue weighted by Gasteiger charge is 2.52. The quantitative estimate of drug-likeness (QED) is 0.658. The summed E-state index contributed by atoms with van der Waals surface area (Å²) in [5, 5.41) is 10.2. The van der Waals surface area contributed by atoms with Crippen molar-refractivity contribution in [2.24, 2.45) is 0 Å². The minimum atomic E-state index is -1.25. The summed E-state index contributed by atoms with van der Waals surface area (Å²) in [6.07, 6.45) is 0.948. The van der Waals surface area contributed by atoms with Crippen molar-refractivity contribution in [1.29, 1.82) is 0 Å². The van der Waals surface area contributed by atoms with Crippen LogP contribution in [0, 0.1) is 12.7 Å². The largest absolute Gasteiger partial charge is 0.436 e. The maximum atomic E-state index is 15.0. The van der Waals surface area contributed by atoms with Gasteiger partial charge in [-0.05, 0) is 69.5 Å². The first-order valence-electron chi connectivity index (χ1n) is 11.2. The predicted octanol–water partition coefficient (Wildman–Crippen LogP) is 3.53. The number of oxazole rings is 1. The maximum Gasteiger partial charge on any atom is 0.256 e. The van der Waals surface area contributed by atoms with Gasteiger partial charge in [-0.25, -0.2) is 9.37 Å². The zero-order valence-electron chi connectivity index (χ0n) is 18.8.